The molecule has 0 saturated heterocycles. The van der Waals surface area contributed by atoms with Gasteiger partial charge in [-0.05, 0) is 43.5 Å². The number of benzene rings is 2. The predicted octanol–water partition coefficient (Wildman–Crippen LogP) is 3.55. The molecule has 138 valence electrons. The third-order valence-electron chi connectivity index (χ3n) is 4.98. The van der Waals surface area contributed by atoms with E-state index < -0.39 is 0 Å². The van der Waals surface area contributed by atoms with Crippen LogP contribution >= 0.6 is 0 Å². The van der Waals surface area contributed by atoms with Gasteiger partial charge in [-0.1, -0.05) is 18.2 Å². The first-order valence-electron chi connectivity index (χ1n) is 9.07. The summed E-state index contributed by atoms with van der Waals surface area (Å²) in [4.78, 5) is 32.1. The lowest BCUT2D eigenvalue weighted by molar-refractivity contribution is -0.122. The minimum atomic E-state index is -0.257. The van der Waals surface area contributed by atoms with Gasteiger partial charge >= 0.3 is 0 Å². The molecule has 2 aliphatic rings. The topological polar surface area (TPSA) is 71.0 Å². The van der Waals surface area contributed by atoms with Crippen molar-refractivity contribution >= 4 is 34.6 Å². The van der Waals surface area contributed by atoms with Gasteiger partial charge in [0.1, 0.15) is 12.3 Å². The quantitative estimate of drug-likeness (QED) is 0.903. The molecule has 1 aliphatic heterocycles. The van der Waals surface area contributed by atoms with Crippen molar-refractivity contribution in [1.82, 2.24) is 0 Å². The van der Waals surface area contributed by atoms with Crippen molar-refractivity contribution in [2.75, 3.05) is 23.9 Å². The van der Waals surface area contributed by atoms with E-state index in [1.807, 2.05) is 30.3 Å². The number of carbonyl (C=O) groups is 2. The molecule has 1 aliphatic carbocycles. The maximum atomic E-state index is 13.1. The fourth-order valence-electron chi connectivity index (χ4n) is 3.68. The second kappa shape index (κ2) is 7.23. The molecule has 1 saturated carbocycles. The van der Waals surface area contributed by atoms with Crippen LogP contribution in [-0.4, -0.2) is 31.2 Å². The summed E-state index contributed by atoms with van der Waals surface area (Å²) in [6, 6.07) is 14.6. The molecule has 0 aromatic heterocycles. The molecule has 1 fully saturated rings. The van der Waals surface area contributed by atoms with E-state index in [9.17, 15) is 9.59 Å². The second-order valence-corrected chi connectivity index (χ2v) is 6.74. The summed E-state index contributed by atoms with van der Waals surface area (Å²) in [6.45, 7) is -0.0492. The highest BCUT2D eigenvalue weighted by Gasteiger charge is 2.37. The number of hydrogen-bond acceptors (Lipinski definition) is 4. The Morgan fingerprint density at radius 3 is 2.96 bits per heavy atom. The van der Waals surface area contributed by atoms with E-state index in [1.165, 1.54) is 0 Å². The number of hydrogen-bond donors (Lipinski definition) is 1. The highest BCUT2D eigenvalue weighted by atomic mass is 16.5. The number of methoxy groups -OCH3 is 1. The molecular formula is C21H21N3O3. The third kappa shape index (κ3) is 3.43. The first kappa shape index (κ1) is 17.3. The predicted molar refractivity (Wildman–Crippen MR) is 105 cm³/mol. The van der Waals surface area contributed by atoms with Crippen LogP contribution in [0.1, 0.15) is 19.3 Å². The Labute approximate surface area is 157 Å². The SMILES string of the molecule is COc1cccc(NC(=O)CN2C(=O)C3CCCC3=Nc3ccccc32)c1. The number of para-hydroxylation sites is 2. The summed E-state index contributed by atoms with van der Waals surface area (Å²) in [5.41, 5.74) is 3.00. The normalized spacial score (nSPS) is 18.3. The Bertz CT molecular complexity index is 922. The van der Waals surface area contributed by atoms with Crippen LogP contribution in [0.15, 0.2) is 53.5 Å². The standard InChI is InChI=1S/C21H21N3O3/c1-27-15-7-4-6-14(12-15)22-20(25)13-24-19-11-3-2-9-18(19)23-17-10-5-8-16(17)21(24)26/h2-4,6-7,9,11-12,16H,5,8,10,13H2,1H3,(H,22,25). The molecule has 0 spiro atoms. The summed E-state index contributed by atoms with van der Waals surface area (Å²) in [5, 5.41) is 2.85. The molecular weight excluding hydrogens is 342 g/mol. The Morgan fingerprint density at radius 2 is 2.11 bits per heavy atom. The molecule has 6 heteroatoms. The number of nitrogens with one attached hydrogen (secondary N) is 1. The van der Waals surface area contributed by atoms with Crippen molar-refractivity contribution in [2.24, 2.45) is 10.9 Å². The number of rotatable bonds is 4. The molecule has 1 unspecified atom stereocenters. The largest absolute Gasteiger partial charge is 0.497 e. The monoisotopic (exact) mass is 363 g/mol. The van der Waals surface area contributed by atoms with Gasteiger partial charge in [0, 0.05) is 17.5 Å². The first-order chi connectivity index (χ1) is 13.2. The van der Waals surface area contributed by atoms with Crippen LogP contribution in [0.4, 0.5) is 17.1 Å². The number of ether oxygens (including phenoxy) is 1. The lowest BCUT2D eigenvalue weighted by atomic mass is 10.1. The molecule has 6 nitrogen and oxygen atoms in total. The molecule has 2 aromatic rings. The van der Waals surface area contributed by atoms with Crippen molar-refractivity contribution in [2.45, 2.75) is 19.3 Å². The Kier molecular flexibility index (Phi) is 4.62. The van der Waals surface area contributed by atoms with Crippen LogP contribution in [-0.2, 0) is 9.59 Å². The van der Waals surface area contributed by atoms with Crippen molar-refractivity contribution in [1.29, 1.82) is 0 Å². The summed E-state index contributed by atoms with van der Waals surface area (Å²) in [7, 11) is 1.58. The van der Waals surface area contributed by atoms with E-state index in [0.29, 0.717) is 17.1 Å². The zero-order valence-electron chi connectivity index (χ0n) is 15.1. The van der Waals surface area contributed by atoms with Gasteiger partial charge in [0.05, 0.1) is 24.4 Å². The van der Waals surface area contributed by atoms with E-state index in [1.54, 1.807) is 30.2 Å². The van der Waals surface area contributed by atoms with Gasteiger partial charge in [-0.2, -0.15) is 0 Å². The van der Waals surface area contributed by atoms with Crippen LogP contribution in [0, 0.1) is 5.92 Å². The lowest BCUT2D eigenvalue weighted by Crippen LogP contribution is -2.41. The maximum Gasteiger partial charge on any atom is 0.244 e. The molecule has 0 radical (unpaired) electrons. The fourth-order valence-corrected chi connectivity index (χ4v) is 3.68. The molecule has 0 bridgehead atoms. The number of aliphatic imine (C=N–C) groups is 1. The number of carbonyl (C=O) groups excluding carboxylic acids is 2. The smallest absolute Gasteiger partial charge is 0.244 e. The fraction of sp³-hybridized carbons (Fsp3) is 0.286. The summed E-state index contributed by atoms with van der Waals surface area (Å²) in [6.07, 6.45) is 2.59. The molecule has 1 N–H and O–H groups in total. The Morgan fingerprint density at radius 1 is 1.26 bits per heavy atom. The van der Waals surface area contributed by atoms with Gasteiger partial charge in [-0.3, -0.25) is 14.6 Å². The van der Waals surface area contributed by atoms with Crippen LogP contribution in [0.2, 0.25) is 0 Å². The van der Waals surface area contributed by atoms with Gasteiger partial charge in [-0.25, -0.2) is 0 Å². The molecule has 2 aromatic carbocycles. The summed E-state index contributed by atoms with van der Waals surface area (Å²) < 4.78 is 5.18. The number of amides is 2. The van der Waals surface area contributed by atoms with E-state index in [0.717, 1.165) is 30.7 Å². The summed E-state index contributed by atoms with van der Waals surface area (Å²) >= 11 is 0. The highest BCUT2D eigenvalue weighted by Crippen LogP contribution is 2.37. The van der Waals surface area contributed by atoms with Crippen LogP contribution in [0.5, 0.6) is 5.75 Å². The van der Waals surface area contributed by atoms with Crippen molar-refractivity contribution in [3.63, 3.8) is 0 Å². The number of fused-ring (bicyclic) bond motifs is 2. The number of anilines is 2. The second-order valence-electron chi connectivity index (χ2n) is 6.74. The average Bonchev–Trinajstić information content (AvgIpc) is 3.11. The van der Waals surface area contributed by atoms with Crippen molar-refractivity contribution in [3.8, 4) is 5.75 Å². The van der Waals surface area contributed by atoms with Crippen molar-refractivity contribution < 1.29 is 14.3 Å². The van der Waals surface area contributed by atoms with Crippen molar-refractivity contribution in [3.05, 3.63) is 48.5 Å². The molecule has 2 amide bonds. The average molecular weight is 363 g/mol. The third-order valence-corrected chi connectivity index (χ3v) is 4.98. The highest BCUT2D eigenvalue weighted by molar-refractivity contribution is 6.16. The van der Waals surface area contributed by atoms with E-state index in [-0.39, 0.29) is 24.3 Å². The van der Waals surface area contributed by atoms with E-state index in [2.05, 4.69) is 5.32 Å². The summed E-state index contributed by atoms with van der Waals surface area (Å²) in [5.74, 6) is 0.139. The molecule has 1 heterocycles. The van der Waals surface area contributed by atoms with Gasteiger partial charge in [0.2, 0.25) is 11.8 Å². The Hall–Kier alpha value is -3.15. The van der Waals surface area contributed by atoms with Gasteiger partial charge in [-0.15, -0.1) is 0 Å². The zero-order valence-corrected chi connectivity index (χ0v) is 15.1. The van der Waals surface area contributed by atoms with E-state index >= 15 is 0 Å². The zero-order chi connectivity index (χ0) is 18.8. The van der Waals surface area contributed by atoms with Crippen LogP contribution in [0.25, 0.3) is 0 Å². The van der Waals surface area contributed by atoms with Gasteiger partial charge in [0.25, 0.3) is 0 Å². The van der Waals surface area contributed by atoms with Crippen LogP contribution in [0.3, 0.4) is 0 Å². The van der Waals surface area contributed by atoms with Crippen LogP contribution < -0.4 is 15.0 Å². The number of nitrogens with zero attached hydrogens (tertiary/aromatic N) is 2. The first-order valence-corrected chi connectivity index (χ1v) is 9.07. The lowest BCUT2D eigenvalue weighted by Gasteiger charge is -2.24. The van der Waals surface area contributed by atoms with Gasteiger partial charge in [0.15, 0.2) is 0 Å². The van der Waals surface area contributed by atoms with E-state index in [4.69, 9.17) is 9.73 Å². The molecule has 4 rings (SSSR count). The minimum Gasteiger partial charge on any atom is -0.497 e. The minimum absolute atomic E-state index is 0.0445. The molecule has 1 atom stereocenters. The maximum absolute atomic E-state index is 13.1. The van der Waals surface area contributed by atoms with Gasteiger partial charge < -0.3 is 15.0 Å². The Balaban J connectivity index is 1.59. The molecule has 27 heavy (non-hydrogen) atoms.